The lowest BCUT2D eigenvalue weighted by Crippen LogP contribution is -2.50. The summed E-state index contributed by atoms with van der Waals surface area (Å²) in [6.45, 7) is 5.56. The highest BCUT2D eigenvalue weighted by atomic mass is 35.5. The molecule has 1 aromatic carbocycles. The van der Waals surface area contributed by atoms with Crippen LogP contribution in [0.25, 0.3) is 0 Å². The molecular weight excluding hydrogens is 360 g/mol. The van der Waals surface area contributed by atoms with Gasteiger partial charge in [0, 0.05) is 36.7 Å². The highest BCUT2D eigenvalue weighted by molar-refractivity contribution is 6.30. The molecule has 5 nitrogen and oxygen atoms in total. The summed E-state index contributed by atoms with van der Waals surface area (Å²) in [4.78, 5) is 7.28. The Bertz CT molecular complexity index is 593. The molecule has 1 unspecified atom stereocenters. The van der Waals surface area contributed by atoms with E-state index in [1.165, 1.54) is 38.8 Å². The first-order valence-corrected chi connectivity index (χ1v) is 10.8. The van der Waals surface area contributed by atoms with E-state index in [2.05, 4.69) is 27.4 Å². The lowest BCUT2D eigenvalue weighted by atomic mass is 10.0. The summed E-state index contributed by atoms with van der Waals surface area (Å²) in [7, 11) is 0. The Morgan fingerprint density at radius 1 is 1.19 bits per heavy atom. The van der Waals surface area contributed by atoms with Crippen molar-refractivity contribution >= 4 is 17.6 Å². The van der Waals surface area contributed by atoms with Crippen molar-refractivity contribution in [3.8, 4) is 0 Å². The lowest BCUT2D eigenvalue weighted by Gasteiger charge is -2.36. The molecule has 1 atom stereocenters. The summed E-state index contributed by atoms with van der Waals surface area (Å²) >= 11 is 5.91. The zero-order valence-electron chi connectivity index (χ0n) is 16.3. The van der Waals surface area contributed by atoms with Gasteiger partial charge in [0.05, 0.1) is 12.6 Å². The zero-order valence-corrected chi connectivity index (χ0v) is 17.1. The van der Waals surface area contributed by atoms with Crippen LogP contribution in [0.5, 0.6) is 0 Å². The van der Waals surface area contributed by atoms with Crippen molar-refractivity contribution in [1.82, 2.24) is 15.5 Å². The molecule has 0 aromatic heterocycles. The molecule has 0 amide bonds. The molecule has 2 fully saturated rings. The molecule has 1 saturated carbocycles. The number of rotatable bonds is 6. The molecule has 27 heavy (non-hydrogen) atoms. The van der Waals surface area contributed by atoms with E-state index in [-0.39, 0.29) is 0 Å². The normalized spacial score (nSPS) is 21.4. The number of piperidine rings is 1. The molecule has 1 aromatic rings. The van der Waals surface area contributed by atoms with E-state index >= 15 is 0 Å². The molecule has 1 aliphatic carbocycles. The van der Waals surface area contributed by atoms with Gasteiger partial charge < -0.3 is 20.6 Å². The number of guanidine groups is 1. The molecular formula is C21H33ClN4O. The third-order valence-corrected chi connectivity index (χ3v) is 5.98. The highest BCUT2D eigenvalue weighted by Gasteiger charge is 2.27. The third kappa shape index (κ3) is 6.09. The lowest BCUT2D eigenvalue weighted by molar-refractivity contribution is 0.150. The molecule has 6 heteroatoms. The SMILES string of the molecule is CCNC(=NCC(O)c1ccc(Cl)cc1)NC1CCN(C2CCCC2)CC1. The topological polar surface area (TPSA) is 59.9 Å². The second-order valence-corrected chi connectivity index (χ2v) is 8.12. The van der Waals surface area contributed by atoms with Crippen LogP contribution in [0.2, 0.25) is 5.02 Å². The van der Waals surface area contributed by atoms with Crippen LogP contribution in [0.3, 0.4) is 0 Å². The van der Waals surface area contributed by atoms with Gasteiger partial charge in [-0.05, 0) is 50.3 Å². The Morgan fingerprint density at radius 2 is 1.85 bits per heavy atom. The molecule has 0 radical (unpaired) electrons. The number of nitrogens with one attached hydrogen (secondary N) is 2. The Kier molecular flexibility index (Phi) is 7.80. The number of benzene rings is 1. The number of nitrogens with zero attached hydrogens (tertiary/aromatic N) is 2. The minimum atomic E-state index is -0.623. The fourth-order valence-electron chi connectivity index (χ4n) is 4.16. The predicted octanol–water partition coefficient (Wildman–Crippen LogP) is 3.34. The molecule has 150 valence electrons. The van der Waals surface area contributed by atoms with E-state index in [0.717, 1.165) is 37.0 Å². The fraction of sp³-hybridized carbons (Fsp3) is 0.667. The van der Waals surface area contributed by atoms with Crippen LogP contribution >= 0.6 is 11.6 Å². The van der Waals surface area contributed by atoms with Gasteiger partial charge in [0.1, 0.15) is 0 Å². The molecule has 0 spiro atoms. The van der Waals surface area contributed by atoms with Crippen molar-refractivity contribution in [3.63, 3.8) is 0 Å². The van der Waals surface area contributed by atoms with E-state index in [1.54, 1.807) is 12.1 Å². The van der Waals surface area contributed by atoms with Crippen molar-refractivity contribution in [3.05, 3.63) is 34.9 Å². The van der Waals surface area contributed by atoms with Gasteiger partial charge in [-0.25, -0.2) is 0 Å². The van der Waals surface area contributed by atoms with Crippen molar-refractivity contribution in [2.45, 2.75) is 63.6 Å². The number of likely N-dealkylation sites (tertiary alicyclic amines) is 1. The summed E-state index contributed by atoms with van der Waals surface area (Å²) in [6, 6.07) is 8.57. The highest BCUT2D eigenvalue weighted by Crippen LogP contribution is 2.26. The van der Waals surface area contributed by atoms with Crippen molar-refractivity contribution in [2.24, 2.45) is 4.99 Å². The molecule has 1 aliphatic heterocycles. The number of aliphatic hydroxyl groups excluding tert-OH is 1. The monoisotopic (exact) mass is 392 g/mol. The average molecular weight is 393 g/mol. The second kappa shape index (κ2) is 10.3. The van der Waals surface area contributed by atoms with Gasteiger partial charge in [0.25, 0.3) is 0 Å². The van der Waals surface area contributed by atoms with Crippen molar-refractivity contribution in [2.75, 3.05) is 26.2 Å². The van der Waals surface area contributed by atoms with E-state index in [1.807, 2.05) is 12.1 Å². The first-order chi connectivity index (χ1) is 13.2. The van der Waals surface area contributed by atoms with Crippen LogP contribution in [0.1, 0.15) is 57.1 Å². The minimum Gasteiger partial charge on any atom is -0.386 e. The van der Waals surface area contributed by atoms with Gasteiger partial charge in [-0.3, -0.25) is 4.99 Å². The minimum absolute atomic E-state index is 0.331. The van der Waals surface area contributed by atoms with E-state index in [4.69, 9.17) is 11.6 Å². The molecule has 1 saturated heterocycles. The Hall–Kier alpha value is -1.30. The molecule has 3 N–H and O–H groups in total. The first-order valence-electron chi connectivity index (χ1n) is 10.4. The zero-order chi connectivity index (χ0) is 19.1. The summed E-state index contributed by atoms with van der Waals surface area (Å²) in [5.74, 6) is 0.796. The fourth-order valence-corrected chi connectivity index (χ4v) is 4.29. The molecule has 1 heterocycles. The van der Waals surface area contributed by atoms with Gasteiger partial charge >= 0.3 is 0 Å². The summed E-state index contributed by atoms with van der Waals surface area (Å²) in [5, 5.41) is 17.9. The van der Waals surface area contributed by atoms with Gasteiger partial charge in [-0.15, -0.1) is 0 Å². The standard InChI is InChI=1S/C21H33ClN4O/c1-2-23-21(24-15-20(27)16-7-9-17(22)10-8-16)25-18-11-13-26(14-12-18)19-5-3-4-6-19/h7-10,18-20,27H,2-6,11-15H2,1H3,(H2,23,24,25). The van der Waals surface area contributed by atoms with Crippen molar-refractivity contribution in [1.29, 1.82) is 0 Å². The number of hydrogen-bond acceptors (Lipinski definition) is 3. The molecule has 2 aliphatic rings. The number of halogens is 1. The third-order valence-electron chi connectivity index (χ3n) is 5.73. The number of aliphatic imine (C=N–C) groups is 1. The van der Waals surface area contributed by atoms with Crippen LogP contribution in [-0.2, 0) is 0 Å². The largest absolute Gasteiger partial charge is 0.386 e. The van der Waals surface area contributed by atoms with Crippen LogP contribution in [-0.4, -0.2) is 54.2 Å². The van der Waals surface area contributed by atoms with E-state index in [9.17, 15) is 5.11 Å². The van der Waals surface area contributed by atoms with Crippen LogP contribution < -0.4 is 10.6 Å². The quantitative estimate of drug-likeness (QED) is 0.513. The van der Waals surface area contributed by atoms with Crippen molar-refractivity contribution < 1.29 is 5.11 Å². The first kappa shape index (κ1) is 20.4. The summed E-state index contributed by atoms with van der Waals surface area (Å²) in [6.07, 6.45) is 7.24. The molecule has 3 rings (SSSR count). The maximum Gasteiger partial charge on any atom is 0.191 e. The second-order valence-electron chi connectivity index (χ2n) is 7.68. The van der Waals surface area contributed by atoms with Crippen LogP contribution in [0.4, 0.5) is 0 Å². The van der Waals surface area contributed by atoms with Crippen LogP contribution in [0, 0.1) is 0 Å². The van der Waals surface area contributed by atoms with Gasteiger partial charge in [-0.2, -0.15) is 0 Å². The Labute approximate surface area is 168 Å². The van der Waals surface area contributed by atoms with Crippen LogP contribution in [0.15, 0.2) is 29.3 Å². The average Bonchev–Trinajstić information content (AvgIpc) is 3.22. The maximum absolute atomic E-state index is 10.4. The number of hydrogen-bond donors (Lipinski definition) is 3. The van der Waals surface area contributed by atoms with Gasteiger partial charge in [-0.1, -0.05) is 36.6 Å². The van der Waals surface area contributed by atoms with E-state index < -0.39 is 6.10 Å². The number of aliphatic hydroxyl groups is 1. The smallest absolute Gasteiger partial charge is 0.191 e. The predicted molar refractivity (Wildman–Crippen MR) is 112 cm³/mol. The maximum atomic E-state index is 10.4. The Balaban J connectivity index is 1.49. The Morgan fingerprint density at radius 3 is 2.48 bits per heavy atom. The van der Waals surface area contributed by atoms with E-state index in [0.29, 0.717) is 17.6 Å². The van der Waals surface area contributed by atoms with Gasteiger partial charge in [0.2, 0.25) is 0 Å². The van der Waals surface area contributed by atoms with Gasteiger partial charge in [0.15, 0.2) is 5.96 Å². The molecule has 0 bridgehead atoms. The summed E-state index contributed by atoms with van der Waals surface area (Å²) < 4.78 is 0. The summed E-state index contributed by atoms with van der Waals surface area (Å²) in [5.41, 5.74) is 0.837.